The van der Waals surface area contributed by atoms with Gasteiger partial charge in [-0.05, 0) is 32.3 Å². The molecule has 1 atom stereocenters. The Balaban J connectivity index is 2.04. The molecular weight excluding hydrogens is 230 g/mol. The molecule has 0 N–H and O–H groups in total. The predicted octanol–water partition coefficient (Wildman–Crippen LogP) is 1.79. The zero-order valence-corrected chi connectivity index (χ0v) is 10.7. The lowest BCUT2D eigenvalue weighted by Crippen LogP contribution is -2.41. The number of nitrogens with zero attached hydrogens (tertiary/aromatic N) is 3. The van der Waals surface area contributed by atoms with E-state index in [4.69, 9.17) is 4.74 Å². The minimum Gasteiger partial charge on any atom is -0.466 e. The third-order valence-corrected chi connectivity index (χ3v) is 3.20. The molecule has 1 unspecified atom stereocenters. The molecule has 0 bridgehead atoms. The highest BCUT2D eigenvalue weighted by atomic mass is 16.5. The van der Waals surface area contributed by atoms with Gasteiger partial charge in [0.25, 0.3) is 0 Å². The number of piperidine rings is 1. The van der Waals surface area contributed by atoms with Crippen LogP contribution in [0.2, 0.25) is 0 Å². The van der Waals surface area contributed by atoms with Crippen molar-refractivity contribution in [1.82, 2.24) is 9.97 Å². The van der Waals surface area contributed by atoms with Crippen LogP contribution in [0, 0.1) is 0 Å². The lowest BCUT2D eigenvalue weighted by molar-refractivity contribution is -0.143. The highest BCUT2D eigenvalue weighted by Gasteiger charge is 2.26. The number of hydrogen-bond acceptors (Lipinski definition) is 5. The van der Waals surface area contributed by atoms with Gasteiger partial charge in [0.1, 0.15) is 12.1 Å². The maximum Gasteiger partial charge on any atom is 0.307 e. The van der Waals surface area contributed by atoms with Gasteiger partial charge in [0.05, 0.1) is 13.0 Å². The van der Waals surface area contributed by atoms with E-state index in [2.05, 4.69) is 14.9 Å². The van der Waals surface area contributed by atoms with Gasteiger partial charge in [-0.1, -0.05) is 0 Å². The van der Waals surface area contributed by atoms with Gasteiger partial charge in [-0.25, -0.2) is 9.97 Å². The first-order valence-corrected chi connectivity index (χ1v) is 6.49. The van der Waals surface area contributed by atoms with Gasteiger partial charge in [-0.2, -0.15) is 0 Å². The second-order valence-electron chi connectivity index (χ2n) is 4.42. The molecule has 1 aliphatic heterocycles. The highest BCUT2D eigenvalue weighted by Crippen LogP contribution is 2.24. The predicted molar refractivity (Wildman–Crippen MR) is 68.3 cm³/mol. The molecule has 1 fully saturated rings. The third-order valence-electron chi connectivity index (χ3n) is 3.20. The van der Waals surface area contributed by atoms with Gasteiger partial charge in [0.2, 0.25) is 0 Å². The zero-order valence-electron chi connectivity index (χ0n) is 10.7. The minimum atomic E-state index is -0.122. The maximum atomic E-state index is 11.6. The smallest absolute Gasteiger partial charge is 0.307 e. The summed E-state index contributed by atoms with van der Waals surface area (Å²) in [7, 11) is 0. The van der Waals surface area contributed by atoms with Crippen molar-refractivity contribution in [3.05, 3.63) is 18.6 Å². The number of anilines is 1. The van der Waals surface area contributed by atoms with E-state index in [1.807, 2.05) is 13.0 Å². The van der Waals surface area contributed by atoms with Crippen LogP contribution >= 0.6 is 0 Å². The molecule has 1 aromatic rings. The number of hydrogen-bond donors (Lipinski definition) is 0. The van der Waals surface area contributed by atoms with Crippen molar-refractivity contribution in [1.29, 1.82) is 0 Å². The normalized spacial score (nSPS) is 19.6. The lowest BCUT2D eigenvalue weighted by Gasteiger charge is -2.36. The Morgan fingerprint density at radius 3 is 3.17 bits per heavy atom. The van der Waals surface area contributed by atoms with Crippen LogP contribution < -0.4 is 4.90 Å². The quantitative estimate of drug-likeness (QED) is 0.761. The summed E-state index contributed by atoms with van der Waals surface area (Å²) in [6.07, 6.45) is 7.04. The molecule has 5 heteroatoms. The van der Waals surface area contributed by atoms with Crippen molar-refractivity contribution in [2.45, 2.75) is 38.6 Å². The number of aromatic nitrogens is 2. The van der Waals surface area contributed by atoms with Gasteiger partial charge in [0, 0.05) is 18.8 Å². The van der Waals surface area contributed by atoms with Crippen LogP contribution in [0.3, 0.4) is 0 Å². The van der Waals surface area contributed by atoms with Gasteiger partial charge in [0.15, 0.2) is 0 Å². The summed E-state index contributed by atoms with van der Waals surface area (Å²) in [5, 5.41) is 0. The van der Waals surface area contributed by atoms with E-state index in [0.717, 1.165) is 31.6 Å². The van der Waals surface area contributed by atoms with Crippen LogP contribution in [0.25, 0.3) is 0 Å². The zero-order chi connectivity index (χ0) is 12.8. The molecule has 0 aliphatic carbocycles. The van der Waals surface area contributed by atoms with E-state index in [1.54, 1.807) is 12.5 Å². The van der Waals surface area contributed by atoms with Crippen LogP contribution in [-0.4, -0.2) is 35.1 Å². The maximum absolute atomic E-state index is 11.6. The van der Waals surface area contributed by atoms with E-state index in [9.17, 15) is 4.79 Å². The topological polar surface area (TPSA) is 55.3 Å². The molecule has 5 nitrogen and oxygen atoms in total. The van der Waals surface area contributed by atoms with Crippen molar-refractivity contribution < 1.29 is 9.53 Å². The van der Waals surface area contributed by atoms with Crippen molar-refractivity contribution in [2.75, 3.05) is 18.1 Å². The molecule has 98 valence electrons. The summed E-state index contributed by atoms with van der Waals surface area (Å²) in [5.74, 6) is 0.780. The Bertz CT molecular complexity index is 383. The standard InChI is InChI=1S/C13H19N3O2/c1-2-18-13(17)9-11-5-3-4-8-16(11)12-6-7-14-10-15-12/h6-7,10-11H,2-5,8-9H2,1H3. The fraction of sp³-hybridized carbons (Fsp3) is 0.615. The largest absolute Gasteiger partial charge is 0.466 e. The van der Waals surface area contributed by atoms with Crippen molar-refractivity contribution in [3.8, 4) is 0 Å². The SMILES string of the molecule is CCOC(=O)CC1CCCCN1c1ccncn1. The molecular formula is C13H19N3O2. The van der Waals surface area contributed by atoms with Crippen molar-refractivity contribution in [3.63, 3.8) is 0 Å². The van der Waals surface area contributed by atoms with Crippen LogP contribution in [-0.2, 0) is 9.53 Å². The van der Waals surface area contributed by atoms with E-state index < -0.39 is 0 Å². The average molecular weight is 249 g/mol. The van der Waals surface area contributed by atoms with Crippen molar-refractivity contribution in [2.24, 2.45) is 0 Å². The molecule has 1 saturated heterocycles. The number of rotatable bonds is 4. The van der Waals surface area contributed by atoms with Crippen LogP contribution in [0.4, 0.5) is 5.82 Å². The van der Waals surface area contributed by atoms with Gasteiger partial charge < -0.3 is 9.64 Å². The molecule has 1 aliphatic rings. The number of carbonyl (C=O) groups is 1. The molecule has 2 heterocycles. The Kier molecular flexibility index (Phi) is 4.50. The summed E-state index contributed by atoms with van der Waals surface area (Å²) < 4.78 is 5.03. The third kappa shape index (κ3) is 3.18. The number of carbonyl (C=O) groups excluding carboxylic acids is 1. The van der Waals surface area contributed by atoms with Gasteiger partial charge in [-0.3, -0.25) is 4.79 Å². The Hall–Kier alpha value is -1.65. The van der Waals surface area contributed by atoms with Gasteiger partial charge in [-0.15, -0.1) is 0 Å². The van der Waals surface area contributed by atoms with Crippen LogP contribution in [0.5, 0.6) is 0 Å². The fourth-order valence-electron chi connectivity index (χ4n) is 2.38. The van der Waals surface area contributed by atoms with Crippen LogP contribution in [0.1, 0.15) is 32.6 Å². The first-order valence-electron chi connectivity index (χ1n) is 6.49. The molecule has 0 aromatic carbocycles. The van der Waals surface area contributed by atoms with E-state index >= 15 is 0 Å². The fourth-order valence-corrected chi connectivity index (χ4v) is 2.38. The number of esters is 1. The second-order valence-corrected chi connectivity index (χ2v) is 4.42. The second kappa shape index (κ2) is 6.33. The first-order chi connectivity index (χ1) is 8.81. The molecule has 2 rings (SSSR count). The highest BCUT2D eigenvalue weighted by molar-refractivity contribution is 5.70. The van der Waals surface area contributed by atoms with E-state index in [-0.39, 0.29) is 12.0 Å². The summed E-state index contributed by atoms with van der Waals surface area (Å²) >= 11 is 0. The summed E-state index contributed by atoms with van der Waals surface area (Å²) in [6.45, 7) is 3.22. The molecule has 0 radical (unpaired) electrons. The first kappa shape index (κ1) is 12.8. The summed E-state index contributed by atoms with van der Waals surface area (Å²) in [4.78, 5) is 22.0. The summed E-state index contributed by atoms with van der Waals surface area (Å²) in [5.41, 5.74) is 0. The van der Waals surface area contributed by atoms with Crippen molar-refractivity contribution >= 4 is 11.8 Å². The molecule has 0 saturated carbocycles. The van der Waals surface area contributed by atoms with Crippen LogP contribution in [0.15, 0.2) is 18.6 Å². The average Bonchev–Trinajstić information content (AvgIpc) is 2.40. The monoisotopic (exact) mass is 249 g/mol. The molecule has 0 amide bonds. The Morgan fingerprint density at radius 2 is 2.44 bits per heavy atom. The molecule has 1 aromatic heterocycles. The molecule has 0 spiro atoms. The van der Waals surface area contributed by atoms with E-state index in [1.165, 1.54) is 0 Å². The minimum absolute atomic E-state index is 0.122. The van der Waals surface area contributed by atoms with Gasteiger partial charge >= 0.3 is 5.97 Å². The van der Waals surface area contributed by atoms with E-state index in [0.29, 0.717) is 13.0 Å². The Morgan fingerprint density at radius 1 is 1.56 bits per heavy atom. The lowest BCUT2D eigenvalue weighted by atomic mass is 9.99. The molecule has 18 heavy (non-hydrogen) atoms. The number of ether oxygens (including phenoxy) is 1. The Labute approximate surface area is 107 Å². The summed E-state index contributed by atoms with van der Waals surface area (Å²) in [6, 6.07) is 2.09.